The standard InChI is InChI=1S/C18H21Cl2N/c1-18(2,3)12-16(13-8-5-4-6-9-13)21-17-14(19)10-7-11-15(17)20/h4-11,16,21H,12H2,1-3H3. The molecular formula is C18H21Cl2N. The Hall–Kier alpha value is -1.18. The van der Waals surface area contributed by atoms with Crippen LogP contribution in [0.2, 0.25) is 10.0 Å². The summed E-state index contributed by atoms with van der Waals surface area (Å²) in [4.78, 5) is 0. The predicted octanol–water partition coefficient (Wildman–Crippen LogP) is 6.58. The molecule has 112 valence electrons. The van der Waals surface area contributed by atoms with Gasteiger partial charge in [0, 0.05) is 0 Å². The zero-order valence-electron chi connectivity index (χ0n) is 12.7. The normalized spacial score (nSPS) is 13.0. The number of hydrogen-bond acceptors (Lipinski definition) is 1. The number of para-hydroxylation sites is 1. The van der Waals surface area contributed by atoms with Crippen LogP contribution >= 0.6 is 23.2 Å². The van der Waals surface area contributed by atoms with Crippen molar-refractivity contribution in [1.82, 2.24) is 0 Å². The molecule has 0 radical (unpaired) electrons. The Balaban J connectivity index is 2.33. The van der Waals surface area contributed by atoms with E-state index in [2.05, 4.69) is 50.4 Å². The van der Waals surface area contributed by atoms with Crippen LogP contribution in [0.3, 0.4) is 0 Å². The van der Waals surface area contributed by atoms with Crippen molar-refractivity contribution in [3.05, 3.63) is 64.1 Å². The number of nitrogens with one attached hydrogen (secondary N) is 1. The second kappa shape index (κ2) is 6.72. The van der Waals surface area contributed by atoms with Gasteiger partial charge in [-0.25, -0.2) is 0 Å². The zero-order chi connectivity index (χ0) is 15.5. The zero-order valence-corrected chi connectivity index (χ0v) is 14.2. The first kappa shape index (κ1) is 16.2. The van der Waals surface area contributed by atoms with Crippen LogP contribution in [-0.4, -0.2) is 0 Å². The largest absolute Gasteiger partial charge is 0.376 e. The van der Waals surface area contributed by atoms with Crippen molar-refractivity contribution in [3.8, 4) is 0 Å². The highest BCUT2D eigenvalue weighted by atomic mass is 35.5. The minimum atomic E-state index is 0.170. The van der Waals surface area contributed by atoms with Crippen molar-refractivity contribution in [2.45, 2.75) is 33.2 Å². The molecule has 2 rings (SSSR count). The summed E-state index contributed by atoms with van der Waals surface area (Å²) < 4.78 is 0. The minimum Gasteiger partial charge on any atom is -0.376 e. The molecule has 1 unspecified atom stereocenters. The molecular weight excluding hydrogens is 301 g/mol. The monoisotopic (exact) mass is 321 g/mol. The van der Waals surface area contributed by atoms with E-state index in [1.807, 2.05) is 24.3 Å². The molecule has 0 saturated heterocycles. The highest BCUT2D eigenvalue weighted by molar-refractivity contribution is 6.39. The van der Waals surface area contributed by atoms with Gasteiger partial charge in [0.15, 0.2) is 0 Å². The van der Waals surface area contributed by atoms with Crippen molar-refractivity contribution in [1.29, 1.82) is 0 Å². The third-order valence-electron chi connectivity index (χ3n) is 3.30. The van der Waals surface area contributed by atoms with Gasteiger partial charge < -0.3 is 5.32 Å². The Morgan fingerprint density at radius 3 is 2.00 bits per heavy atom. The average Bonchev–Trinajstić information content (AvgIpc) is 2.41. The molecule has 2 aromatic carbocycles. The fourth-order valence-corrected chi connectivity index (χ4v) is 2.87. The van der Waals surface area contributed by atoms with Crippen LogP contribution in [0.5, 0.6) is 0 Å². The van der Waals surface area contributed by atoms with E-state index in [0.717, 1.165) is 12.1 Å². The lowest BCUT2D eigenvalue weighted by molar-refractivity contribution is 0.352. The van der Waals surface area contributed by atoms with E-state index in [1.165, 1.54) is 5.56 Å². The lowest BCUT2D eigenvalue weighted by atomic mass is 9.85. The molecule has 0 spiro atoms. The smallest absolute Gasteiger partial charge is 0.0723 e. The number of rotatable bonds is 4. The van der Waals surface area contributed by atoms with Crippen LogP contribution in [0.15, 0.2) is 48.5 Å². The van der Waals surface area contributed by atoms with Gasteiger partial charge >= 0.3 is 0 Å². The maximum absolute atomic E-state index is 6.29. The van der Waals surface area contributed by atoms with Crippen LogP contribution in [-0.2, 0) is 0 Å². The Labute approximate surface area is 137 Å². The third kappa shape index (κ3) is 4.66. The molecule has 0 aliphatic heterocycles. The summed E-state index contributed by atoms with van der Waals surface area (Å²) >= 11 is 12.6. The molecule has 3 heteroatoms. The summed E-state index contributed by atoms with van der Waals surface area (Å²) in [6.45, 7) is 6.70. The van der Waals surface area contributed by atoms with E-state index >= 15 is 0 Å². The Morgan fingerprint density at radius 2 is 1.48 bits per heavy atom. The lowest BCUT2D eigenvalue weighted by Gasteiger charge is -2.28. The van der Waals surface area contributed by atoms with Gasteiger partial charge in [0.2, 0.25) is 0 Å². The van der Waals surface area contributed by atoms with Crippen LogP contribution in [0.25, 0.3) is 0 Å². The second-order valence-corrected chi connectivity index (χ2v) is 7.28. The molecule has 0 amide bonds. The molecule has 1 atom stereocenters. The Morgan fingerprint density at radius 1 is 0.905 bits per heavy atom. The van der Waals surface area contributed by atoms with Gasteiger partial charge in [-0.3, -0.25) is 0 Å². The van der Waals surface area contributed by atoms with Crippen LogP contribution in [0.4, 0.5) is 5.69 Å². The SMILES string of the molecule is CC(C)(C)CC(Nc1c(Cl)cccc1Cl)c1ccccc1. The quantitative estimate of drug-likeness (QED) is 0.670. The predicted molar refractivity (Wildman–Crippen MR) is 93.3 cm³/mol. The van der Waals surface area contributed by atoms with Gasteiger partial charge in [-0.2, -0.15) is 0 Å². The molecule has 0 aliphatic carbocycles. The van der Waals surface area contributed by atoms with Gasteiger partial charge in [0.25, 0.3) is 0 Å². The minimum absolute atomic E-state index is 0.170. The van der Waals surface area contributed by atoms with Gasteiger partial charge in [0.05, 0.1) is 21.8 Å². The van der Waals surface area contributed by atoms with Crippen LogP contribution in [0, 0.1) is 5.41 Å². The van der Waals surface area contributed by atoms with Crippen molar-refractivity contribution in [2.24, 2.45) is 5.41 Å². The molecule has 1 N–H and O–H groups in total. The first-order valence-electron chi connectivity index (χ1n) is 7.12. The van der Waals surface area contributed by atoms with E-state index in [0.29, 0.717) is 10.0 Å². The maximum atomic E-state index is 6.29. The summed E-state index contributed by atoms with van der Waals surface area (Å²) in [6.07, 6.45) is 0.985. The number of halogens is 2. The third-order valence-corrected chi connectivity index (χ3v) is 3.93. The van der Waals surface area contributed by atoms with Crippen molar-refractivity contribution >= 4 is 28.9 Å². The van der Waals surface area contributed by atoms with Crippen molar-refractivity contribution in [3.63, 3.8) is 0 Å². The average molecular weight is 322 g/mol. The number of anilines is 1. The summed E-state index contributed by atoms with van der Waals surface area (Å²) in [5, 5.41) is 4.83. The Kier molecular flexibility index (Phi) is 5.18. The highest BCUT2D eigenvalue weighted by Crippen LogP contribution is 2.37. The van der Waals surface area contributed by atoms with Crippen LogP contribution < -0.4 is 5.32 Å². The maximum Gasteiger partial charge on any atom is 0.0723 e. The lowest BCUT2D eigenvalue weighted by Crippen LogP contribution is -2.19. The molecule has 0 aromatic heterocycles. The molecule has 2 aromatic rings. The second-order valence-electron chi connectivity index (χ2n) is 6.47. The fourth-order valence-electron chi connectivity index (χ4n) is 2.36. The first-order valence-corrected chi connectivity index (χ1v) is 7.88. The molecule has 0 aliphatic rings. The highest BCUT2D eigenvalue weighted by Gasteiger charge is 2.21. The van der Waals surface area contributed by atoms with Gasteiger partial charge in [-0.05, 0) is 29.5 Å². The summed E-state index contributed by atoms with van der Waals surface area (Å²) in [5.74, 6) is 0. The summed E-state index contributed by atoms with van der Waals surface area (Å²) in [5.41, 5.74) is 2.24. The van der Waals surface area contributed by atoms with Crippen molar-refractivity contribution in [2.75, 3.05) is 5.32 Å². The van der Waals surface area contributed by atoms with Gasteiger partial charge in [0.1, 0.15) is 0 Å². The van der Waals surface area contributed by atoms with Crippen LogP contribution in [0.1, 0.15) is 38.8 Å². The molecule has 21 heavy (non-hydrogen) atoms. The molecule has 1 nitrogen and oxygen atoms in total. The van der Waals surface area contributed by atoms with Gasteiger partial charge in [-0.1, -0.05) is 80.4 Å². The van der Waals surface area contributed by atoms with E-state index in [4.69, 9.17) is 23.2 Å². The van der Waals surface area contributed by atoms with E-state index < -0.39 is 0 Å². The molecule has 0 bridgehead atoms. The molecule has 0 fully saturated rings. The van der Waals surface area contributed by atoms with Gasteiger partial charge in [-0.15, -0.1) is 0 Å². The number of hydrogen-bond donors (Lipinski definition) is 1. The van der Waals surface area contributed by atoms with E-state index in [-0.39, 0.29) is 11.5 Å². The molecule has 0 heterocycles. The summed E-state index contributed by atoms with van der Waals surface area (Å²) in [7, 11) is 0. The number of benzene rings is 2. The van der Waals surface area contributed by atoms with E-state index in [9.17, 15) is 0 Å². The topological polar surface area (TPSA) is 12.0 Å². The summed E-state index contributed by atoms with van der Waals surface area (Å²) in [6, 6.07) is 16.1. The van der Waals surface area contributed by atoms with Crippen molar-refractivity contribution < 1.29 is 0 Å². The first-order chi connectivity index (χ1) is 9.87. The fraction of sp³-hybridized carbons (Fsp3) is 0.333. The molecule has 0 saturated carbocycles. The Bertz CT molecular complexity index is 568. The van der Waals surface area contributed by atoms with E-state index in [1.54, 1.807) is 0 Å².